The van der Waals surface area contributed by atoms with Crippen LogP contribution >= 0.6 is 0 Å². The molecule has 1 aromatic rings. The van der Waals surface area contributed by atoms with Gasteiger partial charge in [-0.15, -0.1) is 0 Å². The average Bonchev–Trinajstić information content (AvgIpc) is 2.16. The summed E-state index contributed by atoms with van der Waals surface area (Å²) in [5.74, 6) is 0.144. The van der Waals surface area contributed by atoms with Crippen molar-refractivity contribution in [3.63, 3.8) is 0 Å². The number of aromatic hydroxyl groups is 1. The van der Waals surface area contributed by atoms with E-state index in [0.29, 0.717) is 11.8 Å². The largest absolute Gasteiger partial charge is 0.507 e. The number of carbonyl (C=O) groups is 1. The van der Waals surface area contributed by atoms with Crippen LogP contribution in [0.3, 0.4) is 0 Å². The predicted molar refractivity (Wildman–Crippen MR) is 55.2 cm³/mol. The third-order valence-electron chi connectivity index (χ3n) is 2.08. The number of phenols is 1. The second-order valence-electron chi connectivity index (χ2n) is 3.08. The van der Waals surface area contributed by atoms with E-state index in [9.17, 15) is 9.90 Å². The Kier molecular flexibility index (Phi) is 3.56. The number of hydrogen-bond acceptors (Lipinski definition) is 2. The molecule has 0 unspecified atom stereocenters. The first-order valence-electron chi connectivity index (χ1n) is 4.55. The highest BCUT2D eigenvalue weighted by molar-refractivity contribution is 6.08. The molecule has 0 bridgehead atoms. The van der Waals surface area contributed by atoms with Crippen LogP contribution in [-0.4, -0.2) is 19.2 Å². The van der Waals surface area contributed by atoms with E-state index in [2.05, 4.69) is 7.85 Å². The van der Waals surface area contributed by atoms with Crippen molar-refractivity contribution in [2.24, 2.45) is 0 Å². The number of aldehydes is 1. The second-order valence-corrected chi connectivity index (χ2v) is 3.08. The summed E-state index contributed by atoms with van der Waals surface area (Å²) in [6, 6.07) is 5.28. The Hall–Kier alpha value is -1.25. The molecule has 3 heteroatoms. The van der Waals surface area contributed by atoms with Crippen LogP contribution in [0.4, 0.5) is 0 Å². The fourth-order valence-corrected chi connectivity index (χ4v) is 1.28. The number of carbonyl (C=O) groups excluding carboxylic acids is 1. The van der Waals surface area contributed by atoms with Crippen molar-refractivity contribution in [2.75, 3.05) is 0 Å². The smallest absolute Gasteiger partial charge is 0.153 e. The van der Waals surface area contributed by atoms with Gasteiger partial charge in [0.05, 0.1) is 5.56 Å². The number of hydrogen-bond donors (Lipinski definition) is 1. The number of rotatable bonds is 4. The maximum Gasteiger partial charge on any atom is 0.153 e. The van der Waals surface area contributed by atoms with Gasteiger partial charge in [0.25, 0.3) is 0 Å². The molecule has 0 atom stereocenters. The molecule has 13 heavy (non-hydrogen) atoms. The summed E-state index contributed by atoms with van der Waals surface area (Å²) < 4.78 is 0. The lowest BCUT2D eigenvalue weighted by Crippen LogP contribution is -1.90. The lowest BCUT2D eigenvalue weighted by molar-refractivity contribution is 0.112. The molecule has 1 aromatic carbocycles. The van der Waals surface area contributed by atoms with Crippen LogP contribution in [-0.2, 0) is 6.42 Å². The quantitative estimate of drug-likeness (QED) is 0.552. The number of benzene rings is 1. The maximum absolute atomic E-state index is 10.5. The Labute approximate surface area is 79.0 Å². The lowest BCUT2D eigenvalue weighted by atomic mass is 9.96. The molecule has 0 aromatic heterocycles. The molecule has 68 valence electrons. The molecule has 1 rings (SSSR count). The first-order chi connectivity index (χ1) is 6.29. The van der Waals surface area contributed by atoms with Gasteiger partial charge in [0, 0.05) is 0 Å². The molecule has 0 radical (unpaired) electrons. The van der Waals surface area contributed by atoms with Gasteiger partial charge >= 0.3 is 0 Å². The number of para-hydroxylation sites is 1. The Morgan fingerprint density at radius 1 is 1.46 bits per heavy atom. The zero-order chi connectivity index (χ0) is 9.68. The summed E-state index contributed by atoms with van der Waals surface area (Å²) in [7, 11) is 2.10. The summed E-state index contributed by atoms with van der Waals surface area (Å²) in [6.45, 7) is 0. The van der Waals surface area contributed by atoms with Gasteiger partial charge in [0.2, 0.25) is 0 Å². The topological polar surface area (TPSA) is 37.3 Å². The van der Waals surface area contributed by atoms with Crippen LogP contribution in [0.5, 0.6) is 5.75 Å². The van der Waals surface area contributed by atoms with Crippen molar-refractivity contribution >= 4 is 14.1 Å². The molecule has 1 N–H and O–H groups in total. The van der Waals surface area contributed by atoms with Crippen LogP contribution in [0, 0.1) is 0 Å². The van der Waals surface area contributed by atoms with E-state index in [-0.39, 0.29) is 5.75 Å². The Morgan fingerprint density at radius 2 is 2.23 bits per heavy atom. The van der Waals surface area contributed by atoms with E-state index in [1.807, 2.05) is 6.07 Å². The summed E-state index contributed by atoms with van der Waals surface area (Å²) >= 11 is 0. The fourth-order valence-electron chi connectivity index (χ4n) is 1.28. The minimum atomic E-state index is 0.144. The Balaban J connectivity index is 2.87. The van der Waals surface area contributed by atoms with Crippen molar-refractivity contribution in [3.8, 4) is 5.75 Å². The van der Waals surface area contributed by atoms with Gasteiger partial charge in [-0.2, -0.15) is 0 Å². The summed E-state index contributed by atoms with van der Waals surface area (Å²) in [5.41, 5.74) is 1.25. The van der Waals surface area contributed by atoms with Crippen molar-refractivity contribution in [3.05, 3.63) is 29.3 Å². The van der Waals surface area contributed by atoms with Crippen molar-refractivity contribution in [1.29, 1.82) is 0 Å². The predicted octanol–water partition coefficient (Wildman–Crippen LogP) is 1.19. The minimum absolute atomic E-state index is 0.144. The normalized spacial score (nSPS) is 9.85. The van der Waals surface area contributed by atoms with Gasteiger partial charge in [-0.3, -0.25) is 4.79 Å². The van der Waals surface area contributed by atoms with Crippen LogP contribution in [0.25, 0.3) is 0 Å². The number of aryl methyl sites for hydroxylation is 1. The highest BCUT2D eigenvalue weighted by Crippen LogP contribution is 2.22. The first kappa shape index (κ1) is 9.84. The van der Waals surface area contributed by atoms with Gasteiger partial charge in [0.1, 0.15) is 13.6 Å². The molecule has 0 saturated carbocycles. The molecular weight excluding hydrogens is 163 g/mol. The SMILES string of the molecule is BCCCc1cccc(C=O)c1O. The van der Waals surface area contributed by atoms with Gasteiger partial charge in [-0.25, -0.2) is 0 Å². The minimum Gasteiger partial charge on any atom is -0.507 e. The molecule has 0 aliphatic carbocycles. The fraction of sp³-hybridized carbons (Fsp3) is 0.300. The van der Waals surface area contributed by atoms with Gasteiger partial charge in [-0.05, 0) is 18.1 Å². The van der Waals surface area contributed by atoms with Crippen LogP contribution in [0.1, 0.15) is 22.3 Å². The maximum atomic E-state index is 10.5. The van der Waals surface area contributed by atoms with Crippen molar-refractivity contribution in [1.82, 2.24) is 0 Å². The van der Waals surface area contributed by atoms with Crippen molar-refractivity contribution < 1.29 is 9.90 Å². The Bertz CT molecular complexity index is 297. The molecule has 0 spiro atoms. The van der Waals surface area contributed by atoms with Crippen LogP contribution < -0.4 is 0 Å². The second kappa shape index (κ2) is 4.70. The third-order valence-corrected chi connectivity index (χ3v) is 2.08. The summed E-state index contributed by atoms with van der Waals surface area (Å²) in [6.07, 6.45) is 3.65. The van der Waals surface area contributed by atoms with E-state index in [1.54, 1.807) is 12.1 Å². The van der Waals surface area contributed by atoms with E-state index >= 15 is 0 Å². The highest BCUT2D eigenvalue weighted by atomic mass is 16.3. The van der Waals surface area contributed by atoms with Crippen LogP contribution in [0.2, 0.25) is 6.32 Å². The lowest BCUT2D eigenvalue weighted by Gasteiger charge is -2.04. The van der Waals surface area contributed by atoms with E-state index in [4.69, 9.17) is 0 Å². The van der Waals surface area contributed by atoms with Crippen LogP contribution in [0.15, 0.2) is 18.2 Å². The molecule has 0 aliphatic heterocycles. The van der Waals surface area contributed by atoms with E-state index in [0.717, 1.165) is 24.7 Å². The molecule has 0 fully saturated rings. The third kappa shape index (κ3) is 2.34. The van der Waals surface area contributed by atoms with Gasteiger partial charge < -0.3 is 5.11 Å². The Morgan fingerprint density at radius 3 is 2.85 bits per heavy atom. The molecule has 0 amide bonds. The van der Waals surface area contributed by atoms with E-state index < -0.39 is 0 Å². The first-order valence-corrected chi connectivity index (χ1v) is 4.55. The van der Waals surface area contributed by atoms with Gasteiger partial charge in [0.15, 0.2) is 6.29 Å². The summed E-state index contributed by atoms with van der Waals surface area (Å²) in [5, 5.41) is 9.58. The average molecular weight is 176 g/mol. The van der Waals surface area contributed by atoms with Gasteiger partial charge in [-0.1, -0.05) is 24.9 Å². The zero-order valence-corrected chi connectivity index (χ0v) is 7.79. The molecule has 2 nitrogen and oxygen atoms in total. The van der Waals surface area contributed by atoms with Crippen molar-refractivity contribution in [2.45, 2.75) is 19.2 Å². The summed E-state index contributed by atoms with van der Waals surface area (Å²) in [4.78, 5) is 10.5. The standard InChI is InChI=1S/C10H13BO2/c11-6-2-5-8-3-1-4-9(7-12)10(8)13/h1,3-4,7,13H,2,5-6,11H2. The molecule has 0 saturated heterocycles. The van der Waals surface area contributed by atoms with E-state index in [1.165, 1.54) is 0 Å². The number of phenolic OH excluding ortho intramolecular Hbond substituents is 1. The molecular formula is C10H13BO2. The monoisotopic (exact) mass is 176 g/mol. The zero-order valence-electron chi connectivity index (χ0n) is 7.79. The molecule has 0 aliphatic rings. The highest BCUT2D eigenvalue weighted by Gasteiger charge is 2.04. The molecule has 0 heterocycles.